The van der Waals surface area contributed by atoms with Gasteiger partial charge in [-0.15, -0.1) is 0 Å². The summed E-state index contributed by atoms with van der Waals surface area (Å²) in [4.78, 5) is 15.0. The molecule has 0 fully saturated rings. The summed E-state index contributed by atoms with van der Waals surface area (Å²) in [5.74, 6) is 0.593. The highest BCUT2D eigenvalue weighted by molar-refractivity contribution is 5.91. The lowest BCUT2D eigenvalue weighted by atomic mass is 10.4. The van der Waals surface area contributed by atoms with E-state index in [2.05, 4.69) is 10.3 Å². The van der Waals surface area contributed by atoms with Crippen molar-refractivity contribution in [2.45, 2.75) is 34.1 Å². The maximum atomic E-state index is 11.2. The first-order chi connectivity index (χ1) is 6.74. The molecule has 4 heteroatoms. The van der Waals surface area contributed by atoms with Gasteiger partial charge in [-0.05, 0) is 6.42 Å². The lowest BCUT2D eigenvalue weighted by molar-refractivity contribution is 0.0924. The Hall–Kier alpha value is -1.32. The molecule has 1 amide bonds. The predicted molar refractivity (Wildman–Crippen MR) is 55.2 cm³/mol. The van der Waals surface area contributed by atoms with Crippen molar-refractivity contribution in [1.29, 1.82) is 0 Å². The molecule has 0 saturated carbocycles. The Kier molecular flexibility index (Phi) is 6.45. The minimum absolute atomic E-state index is 0.197. The first-order valence-corrected chi connectivity index (χ1v) is 4.94. The minimum Gasteiger partial charge on any atom is -0.436 e. The van der Waals surface area contributed by atoms with Crippen LogP contribution in [0.15, 0.2) is 10.6 Å². The zero-order valence-corrected chi connectivity index (χ0v) is 9.26. The third kappa shape index (κ3) is 4.07. The summed E-state index contributed by atoms with van der Waals surface area (Å²) in [6, 6.07) is 0. The summed E-state index contributed by atoms with van der Waals surface area (Å²) < 4.78 is 5.02. The minimum atomic E-state index is -0.197. The van der Waals surface area contributed by atoms with Gasteiger partial charge in [0.25, 0.3) is 5.91 Å². The van der Waals surface area contributed by atoms with Gasteiger partial charge in [0.05, 0.1) is 6.20 Å². The van der Waals surface area contributed by atoms with E-state index in [0.29, 0.717) is 12.4 Å². The number of aromatic nitrogens is 1. The van der Waals surface area contributed by atoms with E-state index < -0.39 is 0 Å². The maximum Gasteiger partial charge on any atom is 0.288 e. The molecule has 1 rings (SSSR count). The molecule has 1 aromatic rings. The van der Waals surface area contributed by atoms with Gasteiger partial charge in [-0.3, -0.25) is 4.79 Å². The van der Waals surface area contributed by atoms with Gasteiger partial charge < -0.3 is 9.73 Å². The number of nitrogens with one attached hydrogen (secondary N) is 1. The summed E-state index contributed by atoms with van der Waals surface area (Å²) in [6.07, 6.45) is 2.35. The number of rotatable bonds is 3. The summed E-state index contributed by atoms with van der Waals surface area (Å²) >= 11 is 0. The highest BCUT2D eigenvalue weighted by Crippen LogP contribution is 2.00. The smallest absolute Gasteiger partial charge is 0.288 e. The van der Waals surface area contributed by atoms with Gasteiger partial charge in [0.15, 0.2) is 5.89 Å². The van der Waals surface area contributed by atoms with Crippen molar-refractivity contribution in [2.75, 3.05) is 6.54 Å². The summed E-state index contributed by atoms with van der Waals surface area (Å²) in [6.45, 7) is 8.36. The number of hydrogen-bond donors (Lipinski definition) is 1. The molecule has 1 heterocycles. The fourth-order valence-corrected chi connectivity index (χ4v) is 0.792. The molecule has 0 aliphatic rings. The first-order valence-electron chi connectivity index (χ1n) is 4.94. The highest BCUT2D eigenvalue weighted by Gasteiger charge is 2.08. The van der Waals surface area contributed by atoms with Crippen LogP contribution in [0.4, 0.5) is 0 Å². The van der Waals surface area contributed by atoms with Crippen molar-refractivity contribution in [3.05, 3.63) is 17.8 Å². The van der Waals surface area contributed by atoms with Gasteiger partial charge in [0, 0.05) is 13.5 Å². The number of carbonyl (C=O) groups is 1. The molecule has 4 nitrogen and oxygen atoms in total. The number of oxazole rings is 1. The standard InChI is InChI=1S/C8H12N2O2.C2H6/c1-3-4-9-8(11)7-5-10-6(2)12-7;1-2/h5H,3-4H2,1-2H3,(H,9,11);1-2H3. The van der Waals surface area contributed by atoms with E-state index in [1.807, 2.05) is 20.8 Å². The van der Waals surface area contributed by atoms with Gasteiger partial charge in [-0.25, -0.2) is 4.98 Å². The number of aryl methyl sites for hydroxylation is 1. The Labute approximate surface area is 84.7 Å². The number of hydrogen-bond acceptors (Lipinski definition) is 3. The van der Waals surface area contributed by atoms with Crippen molar-refractivity contribution < 1.29 is 9.21 Å². The van der Waals surface area contributed by atoms with Gasteiger partial charge in [0.1, 0.15) is 0 Å². The third-order valence-corrected chi connectivity index (χ3v) is 1.38. The van der Waals surface area contributed by atoms with E-state index in [9.17, 15) is 4.79 Å². The van der Waals surface area contributed by atoms with Crippen LogP contribution in [0.3, 0.4) is 0 Å². The topological polar surface area (TPSA) is 55.1 Å². The van der Waals surface area contributed by atoms with Crippen LogP contribution in [0.1, 0.15) is 43.6 Å². The Morgan fingerprint density at radius 1 is 1.57 bits per heavy atom. The maximum absolute atomic E-state index is 11.2. The van der Waals surface area contributed by atoms with Gasteiger partial charge in [-0.1, -0.05) is 20.8 Å². The quantitative estimate of drug-likeness (QED) is 0.809. The monoisotopic (exact) mass is 198 g/mol. The molecule has 0 unspecified atom stereocenters. The molecule has 14 heavy (non-hydrogen) atoms. The van der Waals surface area contributed by atoms with Crippen molar-refractivity contribution in [2.24, 2.45) is 0 Å². The van der Waals surface area contributed by atoms with Crippen molar-refractivity contribution in [3.8, 4) is 0 Å². The van der Waals surface area contributed by atoms with Gasteiger partial charge in [-0.2, -0.15) is 0 Å². The van der Waals surface area contributed by atoms with Crippen LogP contribution >= 0.6 is 0 Å². The normalized spacial score (nSPS) is 8.86. The Balaban J connectivity index is 0.000000791. The average Bonchev–Trinajstić information content (AvgIpc) is 2.64. The van der Waals surface area contributed by atoms with Crippen LogP contribution in [0, 0.1) is 6.92 Å². The van der Waals surface area contributed by atoms with Crippen LogP contribution in [-0.4, -0.2) is 17.4 Å². The van der Waals surface area contributed by atoms with E-state index in [1.54, 1.807) is 6.92 Å². The molecule has 0 atom stereocenters. The van der Waals surface area contributed by atoms with E-state index in [0.717, 1.165) is 6.42 Å². The molecular formula is C10H18N2O2. The van der Waals surface area contributed by atoms with E-state index in [-0.39, 0.29) is 11.7 Å². The number of amides is 1. The summed E-state index contributed by atoms with van der Waals surface area (Å²) in [5.41, 5.74) is 0. The molecule has 0 saturated heterocycles. The third-order valence-electron chi connectivity index (χ3n) is 1.38. The molecular weight excluding hydrogens is 180 g/mol. The Morgan fingerprint density at radius 2 is 2.21 bits per heavy atom. The van der Waals surface area contributed by atoms with E-state index in [4.69, 9.17) is 4.42 Å². The van der Waals surface area contributed by atoms with Crippen molar-refractivity contribution >= 4 is 5.91 Å². The lowest BCUT2D eigenvalue weighted by Crippen LogP contribution is -2.23. The summed E-state index contributed by atoms with van der Waals surface area (Å²) in [7, 11) is 0. The van der Waals surface area contributed by atoms with Crippen LogP contribution in [-0.2, 0) is 0 Å². The zero-order valence-electron chi connectivity index (χ0n) is 9.26. The molecule has 0 radical (unpaired) electrons. The lowest BCUT2D eigenvalue weighted by Gasteiger charge is -1.97. The molecule has 1 aromatic heterocycles. The van der Waals surface area contributed by atoms with Gasteiger partial charge in [0.2, 0.25) is 5.76 Å². The van der Waals surface area contributed by atoms with Crippen LogP contribution in [0.2, 0.25) is 0 Å². The van der Waals surface area contributed by atoms with Crippen LogP contribution < -0.4 is 5.32 Å². The predicted octanol–water partition coefficient (Wildman–Crippen LogP) is 2.15. The SMILES string of the molecule is CC.CCCNC(=O)c1cnc(C)o1. The molecule has 0 aliphatic heterocycles. The zero-order chi connectivity index (χ0) is 11.0. The first kappa shape index (κ1) is 12.7. The van der Waals surface area contributed by atoms with Crippen LogP contribution in [0.25, 0.3) is 0 Å². The fourth-order valence-electron chi connectivity index (χ4n) is 0.792. The number of carbonyl (C=O) groups excluding carboxylic acids is 1. The highest BCUT2D eigenvalue weighted by atomic mass is 16.4. The second-order valence-corrected chi connectivity index (χ2v) is 2.50. The second kappa shape index (κ2) is 7.12. The van der Waals surface area contributed by atoms with E-state index in [1.165, 1.54) is 6.20 Å². The second-order valence-electron chi connectivity index (χ2n) is 2.50. The Bertz CT molecular complexity index is 269. The molecule has 0 spiro atoms. The molecule has 0 aromatic carbocycles. The molecule has 1 N–H and O–H groups in total. The summed E-state index contributed by atoms with van der Waals surface area (Å²) in [5, 5.41) is 2.69. The van der Waals surface area contributed by atoms with Gasteiger partial charge >= 0.3 is 0 Å². The number of nitrogens with zero attached hydrogens (tertiary/aromatic N) is 1. The van der Waals surface area contributed by atoms with Crippen molar-refractivity contribution in [3.63, 3.8) is 0 Å². The molecule has 80 valence electrons. The Morgan fingerprint density at radius 3 is 2.64 bits per heavy atom. The molecule has 0 aliphatic carbocycles. The average molecular weight is 198 g/mol. The van der Waals surface area contributed by atoms with E-state index >= 15 is 0 Å². The fraction of sp³-hybridized carbons (Fsp3) is 0.600. The largest absolute Gasteiger partial charge is 0.436 e. The van der Waals surface area contributed by atoms with Crippen molar-refractivity contribution in [1.82, 2.24) is 10.3 Å². The molecule has 0 bridgehead atoms. The van der Waals surface area contributed by atoms with Crippen LogP contribution in [0.5, 0.6) is 0 Å².